The van der Waals surface area contributed by atoms with Crippen LogP contribution >= 0.6 is 12.0 Å². The predicted molar refractivity (Wildman–Crippen MR) is 118 cm³/mol. The van der Waals surface area contributed by atoms with E-state index in [9.17, 15) is 36.3 Å². The molecular weight excluding hydrogens is 593 g/mol. The third-order valence-corrected chi connectivity index (χ3v) is 7.19. The molecule has 12 nitrogen and oxygen atoms in total. The van der Waals surface area contributed by atoms with Gasteiger partial charge in [-0.1, -0.05) is 30.3 Å². The summed E-state index contributed by atoms with van der Waals surface area (Å²) in [5.41, 5.74) is -0.174. The summed E-state index contributed by atoms with van der Waals surface area (Å²) in [4.78, 5) is -1.23. The minimum atomic E-state index is -5.21. The van der Waals surface area contributed by atoms with E-state index in [0.717, 1.165) is 24.3 Å². The summed E-state index contributed by atoms with van der Waals surface area (Å²) in [6.45, 7) is 0. The molecule has 0 fully saturated rings. The van der Waals surface area contributed by atoms with Gasteiger partial charge in [0.2, 0.25) is 0 Å². The summed E-state index contributed by atoms with van der Waals surface area (Å²) in [6.07, 6.45) is 0. The second kappa shape index (κ2) is 14.7. The van der Waals surface area contributed by atoms with Crippen LogP contribution in [0.25, 0.3) is 21.5 Å². The van der Waals surface area contributed by atoms with Crippen molar-refractivity contribution in [2.24, 2.45) is 10.2 Å². The Labute approximate surface area is 287 Å². The van der Waals surface area contributed by atoms with E-state index in [-0.39, 0.29) is 105 Å². The summed E-state index contributed by atoms with van der Waals surface area (Å²) in [5, 5.41) is 33.1. The second-order valence-electron chi connectivity index (χ2n) is 6.91. The van der Waals surface area contributed by atoms with Crippen LogP contribution in [0.2, 0.25) is 0 Å². The minimum absolute atomic E-state index is 0. The van der Waals surface area contributed by atoms with E-state index >= 15 is 0 Å². The Morgan fingerprint density at radius 1 is 0.789 bits per heavy atom. The predicted octanol–water partition coefficient (Wildman–Crippen LogP) is -5.84. The van der Waals surface area contributed by atoms with E-state index in [4.69, 9.17) is 0 Å². The Morgan fingerprint density at radius 3 is 2.05 bits per heavy atom. The molecule has 0 amide bonds. The number of rotatable bonds is 7. The third kappa shape index (κ3) is 7.98. The van der Waals surface area contributed by atoms with Crippen molar-refractivity contribution in [2.75, 3.05) is 0 Å². The number of hydrogen-bond donors (Lipinski definition) is 1. The number of fused-ring (bicyclic) bond motifs is 2. The number of benzene rings is 4. The van der Waals surface area contributed by atoms with Gasteiger partial charge in [-0.3, -0.25) is 5.04 Å². The zero-order valence-corrected chi connectivity index (χ0v) is 28.5. The maximum Gasteiger partial charge on any atom is 1.00 e. The summed E-state index contributed by atoms with van der Waals surface area (Å²) >= 11 is 0.662. The topological polar surface area (TPSA) is 201 Å². The van der Waals surface area contributed by atoms with Crippen LogP contribution in [0.4, 0.5) is 11.4 Å². The number of phenols is 1. The average Bonchev–Trinajstić information content (AvgIpc) is 2.80. The van der Waals surface area contributed by atoms with Crippen molar-refractivity contribution in [1.29, 1.82) is 0 Å². The fraction of sp³-hybridized carbons (Fsp3) is 0. The molecule has 38 heavy (non-hydrogen) atoms. The fourth-order valence-corrected chi connectivity index (χ4v) is 4.95. The first-order valence-corrected chi connectivity index (χ1v) is 12.8. The molecule has 0 aliphatic heterocycles. The largest absolute Gasteiger partial charge is 1.00 e. The van der Waals surface area contributed by atoms with Gasteiger partial charge in [0.25, 0.3) is 0 Å². The van der Waals surface area contributed by atoms with Gasteiger partial charge in [-0.25, -0.2) is 16.8 Å². The van der Waals surface area contributed by atoms with Crippen LogP contribution in [-0.4, -0.2) is 31.0 Å². The van der Waals surface area contributed by atoms with Crippen LogP contribution < -0.4 is 93.9 Å². The van der Waals surface area contributed by atoms with E-state index in [1.165, 1.54) is 6.07 Å². The quantitative estimate of drug-likeness (QED) is 0.0526. The van der Waals surface area contributed by atoms with Crippen LogP contribution in [-0.2, 0) is 29.6 Å². The summed E-state index contributed by atoms with van der Waals surface area (Å²) in [7, 11) is -10.1. The molecule has 4 aromatic rings. The van der Waals surface area contributed by atoms with Gasteiger partial charge >= 0.3 is 88.7 Å². The Hall–Kier alpha value is -0.150. The standard InChI is InChI=1S/C20H14N2O10S3.3Na/c23-20-18(35(28,29)30)10-11-9-12(34(25,26)27)5-6-13(11)19(20)22-21-16-7-8-17(33-32-31-24)15-4-2-1-3-14(15)16;;;/h1-10,23-24H,(H,25,26,27)(H,28,29,30);;;/q;3*+1/p-3. The summed E-state index contributed by atoms with van der Waals surface area (Å²) < 4.78 is 73.6. The number of phenolic OH excluding ortho intramolecular Hbond substituents is 1. The molecule has 0 saturated heterocycles. The van der Waals surface area contributed by atoms with Crippen molar-refractivity contribution in [3.05, 3.63) is 60.7 Å². The molecule has 0 heterocycles. The summed E-state index contributed by atoms with van der Waals surface area (Å²) in [5.74, 6) is -0.994. The van der Waals surface area contributed by atoms with Gasteiger partial charge in [-0.2, -0.15) is 4.33 Å². The maximum absolute atomic E-state index is 11.7. The molecule has 182 valence electrons. The van der Waals surface area contributed by atoms with Crippen molar-refractivity contribution >= 4 is 65.2 Å². The molecule has 0 unspecified atom stereocenters. The molecular formula is C20H11N2Na3O10S3. The van der Waals surface area contributed by atoms with Crippen LogP contribution in [0.3, 0.4) is 0 Å². The van der Waals surface area contributed by atoms with Crippen LogP contribution in [0.15, 0.2) is 85.6 Å². The van der Waals surface area contributed by atoms with Crippen LogP contribution in [0, 0.1) is 0 Å². The zero-order valence-electron chi connectivity index (χ0n) is 20.0. The summed E-state index contributed by atoms with van der Waals surface area (Å²) in [6, 6.07) is 13.5. The minimum Gasteiger partial charge on any atom is -0.744 e. The molecule has 0 aliphatic carbocycles. The van der Waals surface area contributed by atoms with Crippen LogP contribution in [0.5, 0.6) is 5.75 Å². The van der Waals surface area contributed by atoms with Gasteiger partial charge in [0.1, 0.15) is 25.9 Å². The van der Waals surface area contributed by atoms with E-state index < -0.39 is 41.5 Å². The van der Waals surface area contributed by atoms with Gasteiger partial charge < -0.3 is 19.5 Å². The zero-order chi connectivity index (χ0) is 25.4. The van der Waals surface area contributed by atoms with Crippen molar-refractivity contribution in [1.82, 2.24) is 0 Å². The van der Waals surface area contributed by atoms with Gasteiger partial charge in [-0.15, -0.1) is 10.2 Å². The molecule has 0 spiro atoms. The molecule has 0 aliphatic rings. The van der Waals surface area contributed by atoms with Gasteiger partial charge in [0, 0.05) is 15.7 Å². The first kappa shape index (κ1) is 35.9. The van der Waals surface area contributed by atoms with Crippen molar-refractivity contribution < 1.29 is 134 Å². The molecule has 0 saturated carbocycles. The van der Waals surface area contributed by atoms with Gasteiger partial charge in [0.05, 0.1) is 27.5 Å². The first-order valence-electron chi connectivity index (χ1n) is 9.29. The molecule has 0 atom stereocenters. The SMILES string of the molecule is O=S(=O)([O-])c1ccc2c(N=Nc3ccc(SOO[O-])c4ccccc34)c(O)c(S(=O)(=O)[O-])cc2c1.[Na+].[Na+].[Na+]. The Balaban J connectivity index is 0.00000241. The third-order valence-electron chi connectivity index (χ3n) is 4.85. The van der Waals surface area contributed by atoms with Crippen molar-refractivity contribution in [3.63, 3.8) is 0 Å². The van der Waals surface area contributed by atoms with E-state index in [2.05, 4.69) is 19.6 Å². The molecule has 18 heteroatoms. The van der Waals surface area contributed by atoms with E-state index in [1.54, 1.807) is 30.3 Å². The van der Waals surface area contributed by atoms with E-state index in [0.29, 0.717) is 27.7 Å². The average molecular weight is 604 g/mol. The van der Waals surface area contributed by atoms with Gasteiger partial charge in [-0.05, 0) is 41.1 Å². The molecule has 1 N–H and O–H groups in total. The maximum atomic E-state index is 11.7. The van der Waals surface area contributed by atoms with Gasteiger partial charge in [0.15, 0.2) is 5.75 Å². The van der Waals surface area contributed by atoms with Crippen molar-refractivity contribution in [2.45, 2.75) is 14.7 Å². The van der Waals surface area contributed by atoms with Crippen molar-refractivity contribution in [3.8, 4) is 5.75 Å². The molecule has 0 radical (unpaired) electrons. The molecule has 4 aromatic carbocycles. The molecule has 4 rings (SSSR count). The number of azo groups is 1. The molecule has 0 bridgehead atoms. The number of aromatic hydroxyl groups is 1. The number of nitrogens with zero attached hydrogens (tertiary/aromatic N) is 2. The van der Waals surface area contributed by atoms with Crippen LogP contribution in [0.1, 0.15) is 0 Å². The normalized spacial score (nSPS) is 11.7. The Morgan fingerprint density at radius 2 is 1.45 bits per heavy atom. The second-order valence-corrected chi connectivity index (χ2v) is 10.4. The fourth-order valence-electron chi connectivity index (χ4n) is 3.35. The Bertz CT molecular complexity index is 1720. The monoisotopic (exact) mass is 604 g/mol. The number of hydrogen-bond acceptors (Lipinski definition) is 13. The van der Waals surface area contributed by atoms with E-state index in [1.807, 2.05) is 0 Å². The first-order chi connectivity index (χ1) is 16.5. The Kier molecular flexibility index (Phi) is 13.8. The smallest absolute Gasteiger partial charge is 0.744 e. The molecule has 0 aromatic heterocycles.